The maximum atomic E-state index is 14.8. The molecule has 1 aromatic carbocycles. The summed E-state index contributed by atoms with van der Waals surface area (Å²) in [5.41, 5.74) is 1.17. The van der Waals surface area contributed by atoms with Gasteiger partial charge >= 0.3 is 12.1 Å². The second kappa shape index (κ2) is 12.9. The lowest BCUT2D eigenvalue weighted by Gasteiger charge is -2.42. The highest BCUT2D eigenvalue weighted by Gasteiger charge is 2.36. The average molecular weight is 598 g/mol. The minimum absolute atomic E-state index is 0.146. The van der Waals surface area contributed by atoms with Crippen LogP contribution in [0, 0.1) is 23.0 Å². The number of nitriles is 1. The molecule has 1 unspecified atom stereocenters. The molecule has 0 aliphatic carbocycles. The van der Waals surface area contributed by atoms with Gasteiger partial charge in [-0.1, -0.05) is 6.07 Å². The molecule has 4 heterocycles. The second-order valence-corrected chi connectivity index (χ2v) is 12.6. The van der Waals surface area contributed by atoms with Gasteiger partial charge in [0, 0.05) is 37.8 Å². The first kappa shape index (κ1) is 30.7. The predicted octanol–water partition coefficient (Wildman–Crippen LogP) is 4.52. The molecule has 2 aromatic rings. The maximum absolute atomic E-state index is 14.8. The van der Waals surface area contributed by atoms with Crippen molar-refractivity contribution < 1.29 is 23.0 Å². The second-order valence-electron chi connectivity index (χ2n) is 12.6. The van der Waals surface area contributed by atoms with E-state index < -0.39 is 23.3 Å². The predicted molar refractivity (Wildman–Crippen MR) is 158 cm³/mol. The zero-order valence-electron chi connectivity index (χ0n) is 25.5. The third kappa shape index (κ3) is 7.09. The molecule has 3 aliphatic heterocycles. The first-order chi connectivity index (χ1) is 20.5. The molecule has 3 aliphatic rings. The van der Waals surface area contributed by atoms with Gasteiger partial charge in [-0.3, -0.25) is 0 Å². The van der Waals surface area contributed by atoms with Crippen LogP contribution in [0.5, 0.6) is 6.01 Å². The largest absolute Gasteiger partial charge is 0.462 e. The molecule has 0 saturated carbocycles. The highest BCUT2D eigenvalue weighted by Crippen LogP contribution is 2.33. The number of fused-ring (bicyclic) bond motifs is 1. The van der Waals surface area contributed by atoms with Crippen LogP contribution in [0.4, 0.5) is 25.1 Å². The number of piperazine rings is 1. The van der Waals surface area contributed by atoms with Crippen LogP contribution in [0.3, 0.4) is 0 Å². The van der Waals surface area contributed by atoms with E-state index in [1.807, 2.05) is 25.7 Å². The Balaban J connectivity index is 1.46. The monoisotopic (exact) mass is 597 g/mol. The van der Waals surface area contributed by atoms with Crippen LogP contribution < -0.4 is 14.5 Å². The minimum atomic E-state index is -0.888. The van der Waals surface area contributed by atoms with Crippen molar-refractivity contribution in [1.82, 2.24) is 19.8 Å². The summed E-state index contributed by atoms with van der Waals surface area (Å²) in [6, 6.07) is 6.54. The van der Waals surface area contributed by atoms with Gasteiger partial charge in [0.05, 0.1) is 36.5 Å². The Morgan fingerprint density at radius 3 is 2.63 bits per heavy atom. The number of hydrogen-bond acceptors (Lipinski definition) is 9. The molecule has 2 atom stereocenters. The molecule has 0 radical (unpaired) electrons. The molecule has 0 N–H and O–H groups in total. The van der Waals surface area contributed by atoms with Gasteiger partial charge in [0.1, 0.15) is 18.0 Å². The molecule has 1 amide bonds. The van der Waals surface area contributed by atoms with E-state index in [1.165, 1.54) is 6.07 Å². The van der Waals surface area contributed by atoms with Gasteiger partial charge in [0.15, 0.2) is 11.6 Å². The normalized spacial score (nSPS) is 21.3. The smallest absolute Gasteiger partial charge is 0.410 e. The molecule has 0 bridgehead atoms. The van der Waals surface area contributed by atoms with E-state index in [4.69, 9.17) is 19.4 Å². The van der Waals surface area contributed by atoms with E-state index in [0.717, 1.165) is 31.0 Å². The van der Waals surface area contributed by atoms with Crippen LogP contribution in [0.1, 0.15) is 57.7 Å². The zero-order valence-corrected chi connectivity index (χ0v) is 25.5. The van der Waals surface area contributed by atoms with Crippen molar-refractivity contribution in [2.45, 2.75) is 77.1 Å². The van der Waals surface area contributed by atoms with Crippen molar-refractivity contribution in [2.24, 2.45) is 0 Å². The number of nitrogens with zero attached hydrogens (tertiary/aromatic N) is 7. The third-order valence-corrected chi connectivity index (χ3v) is 8.33. The summed E-state index contributed by atoms with van der Waals surface area (Å²) in [6.45, 7) is 8.94. The van der Waals surface area contributed by atoms with Gasteiger partial charge in [0.2, 0.25) is 0 Å². The Morgan fingerprint density at radius 2 is 1.91 bits per heavy atom. The fraction of sp³-hybridized carbons (Fsp3) is 0.613. The van der Waals surface area contributed by atoms with Crippen LogP contribution in [-0.2, 0) is 17.7 Å². The average Bonchev–Trinajstić information content (AvgIpc) is 3.24. The van der Waals surface area contributed by atoms with Crippen LogP contribution in [0.25, 0.3) is 0 Å². The number of carbonyl (C=O) groups excluding carboxylic acids is 1. The number of aromatic nitrogens is 2. The number of benzene rings is 1. The van der Waals surface area contributed by atoms with Crippen LogP contribution >= 0.6 is 0 Å². The third-order valence-electron chi connectivity index (χ3n) is 8.33. The number of hydrogen-bond donors (Lipinski definition) is 0. The Bertz CT molecular complexity index is 1360. The van der Waals surface area contributed by atoms with Crippen molar-refractivity contribution in [3.05, 3.63) is 41.1 Å². The van der Waals surface area contributed by atoms with Gasteiger partial charge in [-0.2, -0.15) is 15.2 Å². The molecule has 232 valence electrons. The summed E-state index contributed by atoms with van der Waals surface area (Å²) in [5.74, 6) is -1.06. The van der Waals surface area contributed by atoms with Gasteiger partial charge in [-0.25, -0.2) is 13.6 Å². The number of halogens is 2. The van der Waals surface area contributed by atoms with Gasteiger partial charge in [-0.05, 0) is 72.2 Å². The number of ether oxygens (including phenoxy) is 2. The van der Waals surface area contributed by atoms with Crippen molar-refractivity contribution >= 4 is 17.6 Å². The standard InChI is InChI=1S/C31H41F2N7O3/c1-31(2,3)43-30(41)40-17-16-39(18-21(40)12-13-34)28-23-9-7-15-38(26-11-5-10-24(32)27(26)33)19-25(23)35-29(36-28)42-20-22-8-6-14-37(22)4/h5,10-11,21-22H,6-9,12,14-20H2,1-4H3/t21?,22-/m0/s1. The highest BCUT2D eigenvalue weighted by atomic mass is 19.2. The van der Waals surface area contributed by atoms with E-state index in [2.05, 4.69) is 22.9 Å². The summed E-state index contributed by atoms with van der Waals surface area (Å²) >= 11 is 0. The molecule has 10 nitrogen and oxygen atoms in total. The lowest BCUT2D eigenvalue weighted by molar-refractivity contribution is 0.0144. The summed E-state index contributed by atoms with van der Waals surface area (Å²) in [4.78, 5) is 30.5. The molecule has 5 rings (SSSR count). The summed E-state index contributed by atoms with van der Waals surface area (Å²) in [6.07, 6.45) is 3.17. The first-order valence-electron chi connectivity index (χ1n) is 15.1. The van der Waals surface area contributed by atoms with E-state index in [9.17, 15) is 18.8 Å². The molecule has 12 heteroatoms. The topological polar surface area (TPSA) is 98.1 Å². The van der Waals surface area contributed by atoms with Crippen molar-refractivity contribution in [1.29, 1.82) is 5.26 Å². The van der Waals surface area contributed by atoms with E-state index in [0.29, 0.717) is 57.1 Å². The molecule has 0 spiro atoms. The molecule has 2 saturated heterocycles. The van der Waals surface area contributed by atoms with Crippen molar-refractivity contribution in [3.8, 4) is 12.1 Å². The van der Waals surface area contributed by atoms with Gasteiger partial charge < -0.3 is 29.1 Å². The first-order valence-corrected chi connectivity index (χ1v) is 15.1. The number of rotatable bonds is 6. The van der Waals surface area contributed by atoms with Gasteiger partial charge in [0.25, 0.3) is 0 Å². The summed E-state index contributed by atoms with van der Waals surface area (Å²) in [7, 11) is 2.08. The minimum Gasteiger partial charge on any atom is -0.462 e. The molecular weight excluding hydrogens is 556 g/mol. The Morgan fingerprint density at radius 1 is 1.09 bits per heavy atom. The number of carbonyl (C=O) groups is 1. The maximum Gasteiger partial charge on any atom is 0.410 e. The Kier molecular flexibility index (Phi) is 9.20. The number of likely N-dealkylation sites (N-methyl/N-ethyl adjacent to an activating group) is 1. The fourth-order valence-corrected chi connectivity index (χ4v) is 6.11. The molecular formula is C31H41F2N7O3. The highest BCUT2D eigenvalue weighted by molar-refractivity contribution is 5.69. The number of anilines is 2. The lowest BCUT2D eigenvalue weighted by Crippen LogP contribution is -2.56. The van der Waals surface area contributed by atoms with Crippen LogP contribution in [0.2, 0.25) is 0 Å². The van der Waals surface area contributed by atoms with E-state index >= 15 is 0 Å². The van der Waals surface area contributed by atoms with E-state index in [-0.39, 0.29) is 36.7 Å². The number of likely N-dealkylation sites (tertiary alicyclic amines) is 1. The Hall–Kier alpha value is -3.72. The fourth-order valence-electron chi connectivity index (χ4n) is 6.11. The van der Waals surface area contributed by atoms with Crippen LogP contribution in [0.15, 0.2) is 18.2 Å². The summed E-state index contributed by atoms with van der Waals surface area (Å²) in [5, 5.41) is 9.60. The lowest BCUT2D eigenvalue weighted by atomic mass is 10.1. The SMILES string of the molecule is CN1CCC[C@H]1COc1nc2c(c(N3CCN(C(=O)OC(C)(C)C)C(CC#N)C3)n1)CCCN(c1cccc(F)c1F)C2. The zero-order chi connectivity index (χ0) is 30.7. The van der Waals surface area contributed by atoms with Gasteiger partial charge in [-0.15, -0.1) is 0 Å². The van der Waals surface area contributed by atoms with Crippen molar-refractivity contribution in [3.63, 3.8) is 0 Å². The van der Waals surface area contributed by atoms with Crippen LogP contribution in [-0.4, -0.2) is 89.9 Å². The Labute approximate surface area is 252 Å². The number of amides is 1. The van der Waals surface area contributed by atoms with Crippen molar-refractivity contribution in [2.75, 3.05) is 56.2 Å². The molecule has 2 fully saturated rings. The molecule has 1 aromatic heterocycles. The summed E-state index contributed by atoms with van der Waals surface area (Å²) < 4.78 is 40.8. The molecule has 43 heavy (non-hydrogen) atoms. The van der Waals surface area contributed by atoms with E-state index in [1.54, 1.807) is 11.0 Å². The quantitative estimate of drug-likeness (QED) is 0.476.